The van der Waals surface area contributed by atoms with Gasteiger partial charge < -0.3 is 5.32 Å². The monoisotopic (exact) mass is 323 g/mol. The molecule has 2 aromatic carbocycles. The highest BCUT2D eigenvalue weighted by atomic mass is 79.9. The van der Waals surface area contributed by atoms with E-state index in [1.165, 1.54) is 12.1 Å². The Bertz CT molecular complexity index is 610. The van der Waals surface area contributed by atoms with Crippen LogP contribution in [0.15, 0.2) is 40.9 Å². The molecule has 0 aliphatic carbocycles. The number of anilines is 1. The van der Waals surface area contributed by atoms with Crippen molar-refractivity contribution in [3.63, 3.8) is 0 Å². The van der Waals surface area contributed by atoms with Gasteiger partial charge >= 0.3 is 0 Å². The summed E-state index contributed by atoms with van der Waals surface area (Å²) < 4.78 is 26.8. The minimum atomic E-state index is -0.235. The Morgan fingerprint density at radius 1 is 1.11 bits per heavy atom. The van der Waals surface area contributed by atoms with Crippen molar-refractivity contribution < 1.29 is 8.78 Å². The van der Waals surface area contributed by atoms with Gasteiger partial charge in [-0.2, -0.15) is 0 Å². The molecule has 0 bridgehead atoms. The summed E-state index contributed by atoms with van der Waals surface area (Å²) in [6.07, 6.45) is 1.69. The SMILES string of the molecule is Fc1ccc(C2CCc3cc(F)c(Br)cc3N2)cc1. The molecule has 1 N–H and O–H groups in total. The summed E-state index contributed by atoms with van der Waals surface area (Å²) in [5.74, 6) is -0.467. The Kier molecular flexibility index (Phi) is 3.27. The van der Waals surface area contributed by atoms with Crippen LogP contribution in [0.25, 0.3) is 0 Å². The average molecular weight is 324 g/mol. The maximum absolute atomic E-state index is 13.5. The van der Waals surface area contributed by atoms with Crippen LogP contribution < -0.4 is 5.32 Å². The van der Waals surface area contributed by atoms with Gasteiger partial charge in [-0.25, -0.2) is 8.78 Å². The minimum absolute atomic E-state index is 0.144. The van der Waals surface area contributed by atoms with E-state index in [2.05, 4.69) is 21.2 Å². The molecule has 1 nitrogen and oxygen atoms in total. The summed E-state index contributed by atoms with van der Waals surface area (Å²) in [4.78, 5) is 0. The largest absolute Gasteiger partial charge is 0.378 e. The molecular weight excluding hydrogens is 312 g/mol. The quantitative estimate of drug-likeness (QED) is 0.792. The second kappa shape index (κ2) is 4.93. The Labute approximate surface area is 118 Å². The van der Waals surface area contributed by atoms with Gasteiger partial charge in [0.05, 0.1) is 10.5 Å². The van der Waals surface area contributed by atoms with Crippen LogP contribution in [0.5, 0.6) is 0 Å². The molecule has 3 rings (SSSR count). The zero-order chi connectivity index (χ0) is 13.4. The first-order chi connectivity index (χ1) is 9.13. The lowest BCUT2D eigenvalue weighted by atomic mass is 9.93. The van der Waals surface area contributed by atoms with Gasteiger partial charge in [0.15, 0.2) is 0 Å². The second-order valence-corrected chi connectivity index (χ2v) is 5.56. The number of fused-ring (bicyclic) bond motifs is 1. The first-order valence-electron chi connectivity index (χ1n) is 6.13. The topological polar surface area (TPSA) is 12.0 Å². The third-order valence-corrected chi connectivity index (χ3v) is 4.06. The summed E-state index contributed by atoms with van der Waals surface area (Å²) in [5.41, 5.74) is 2.97. The average Bonchev–Trinajstić information content (AvgIpc) is 2.40. The fourth-order valence-corrected chi connectivity index (χ4v) is 2.78. The minimum Gasteiger partial charge on any atom is -0.378 e. The lowest BCUT2D eigenvalue weighted by Crippen LogP contribution is -2.18. The molecule has 1 heterocycles. The molecule has 19 heavy (non-hydrogen) atoms. The summed E-state index contributed by atoms with van der Waals surface area (Å²) in [6.45, 7) is 0. The summed E-state index contributed by atoms with van der Waals surface area (Å²) in [6, 6.07) is 9.98. The van der Waals surface area contributed by atoms with Crippen LogP contribution in [-0.4, -0.2) is 0 Å². The molecule has 0 saturated heterocycles. The van der Waals surface area contributed by atoms with Crippen LogP contribution in [0.3, 0.4) is 0 Å². The number of rotatable bonds is 1. The van der Waals surface area contributed by atoms with E-state index in [0.29, 0.717) is 4.47 Å². The molecular formula is C15H12BrF2N. The van der Waals surface area contributed by atoms with E-state index in [-0.39, 0.29) is 17.7 Å². The fraction of sp³-hybridized carbons (Fsp3) is 0.200. The molecule has 98 valence electrons. The first-order valence-corrected chi connectivity index (χ1v) is 6.93. The predicted molar refractivity (Wildman–Crippen MR) is 75.2 cm³/mol. The van der Waals surface area contributed by atoms with E-state index >= 15 is 0 Å². The third-order valence-electron chi connectivity index (χ3n) is 3.45. The van der Waals surface area contributed by atoms with Crippen molar-refractivity contribution in [3.8, 4) is 0 Å². The number of halogens is 3. The highest BCUT2D eigenvalue weighted by Gasteiger charge is 2.20. The number of hydrogen-bond donors (Lipinski definition) is 1. The van der Waals surface area contributed by atoms with Gasteiger partial charge in [-0.3, -0.25) is 0 Å². The Balaban J connectivity index is 1.89. The lowest BCUT2D eigenvalue weighted by Gasteiger charge is -2.27. The fourth-order valence-electron chi connectivity index (χ4n) is 2.43. The standard InChI is InChI=1S/C15H12BrF2N/c16-12-8-15-10(7-13(12)18)3-6-14(19-15)9-1-4-11(17)5-2-9/h1-2,4-5,7-8,14,19H,3,6H2. The molecule has 1 atom stereocenters. The summed E-state index contributed by atoms with van der Waals surface area (Å²) in [5, 5.41) is 3.38. The van der Waals surface area contributed by atoms with Crippen LogP contribution in [0.2, 0.25) is 0 Å². The van der Waals surface area contributed by atoms with Gasteiger partial charge in [-0.1, -0.05) is 12.1 Å². The molecule has 0 fully saturated rings. The van der Waals surface area contributed by atoms with Crippen molar-refractivity contribution in [2.75, 3.05) is 5.32 Å². The Morgan fingerprint density at radius 3 is 2.58 bits per heavy atom. The first kappa shape index (κ1) is 12.6. The van der Waals surface area contributed by atoms with Crippen molar-refractivity contribution in [1.82, 2.24) is 0 Å². The van der Waals surface area contributed by atoms with Gasteiger partial charge in [0.25, 0.3) is 0 Å². The summed E-state index contributed by atoms with van der Waals surface area (Å²) in [7, 11) is 0. The van der Waals surface area contributed by atoms with E-state index < -0.39 is 0 Å². The zero-order valence-corrected chi connectivity index (χ0v) is 11.7. The van der Waals surface area contributed by atoms with Crippen LogP contribution in [0.1, 0.15) is 23.6 Å². The van der Waals surface area contributed by atoms with E-state index in [9.17, 15) is 8.78 Å². The molecule has 0 amide bonds. The van der Waals surface area contributed by atoms with E-state index in [0.717, 1.165) is 29.7 Å². The Hall–Kier alpha value is -1.42. The number of hydrogen-bond acceptors (Lipinski definition) is 1. The van der Waals surface area contributed by atoms with E-state index in [1.54, 1.807) is 24.3 Å². The molecule has 1 aliphatic rings. The molecule has 0 radical (unpaired) electrons. The van der Waals surface area contributed by atoms with Crippen molar-refractivity contribution in [1.29, 1.82) is 0 Å². The highest BCUT2D eigenvalue weighted by Crippen LogP contribution is 2.35. The third kappa shape index (κ3) is 2.50. The highest BCUT2D eigenvalue weighted by molar-refractivity contribution is 9.10. The molecule has 4 heteroatoms. The van der Waals surface area contributed by atoms with Gasteiger partial charge in [-0.05, 0) is 64.2 Å². The normalized spacial score (nSPS) is 17.7. The molecule has 0 spiro atoms. The smallest absolute Gasteiger partial charge is 0.137 e. The van der Waals surface area contributed by atoms with E-state index in [4.69, 9.17) is 0 Å². The van der Waals surface area contributed by atoms with Crippen LogP contribution in [0, 0.1) is 11.6 Å². The molecule has 0 saturated carbocycles. The molecule has 1 aliphatic heterocycles. The number of aryl methyl sites for hydroxylation is 1. The van der Waals surface area contributed by atoms with Crippen molar-refractivity contribution >= 4 is 21.6 Å². The number of nitrogens with one attached hydrogen (secondary N) is 1. The van der Waals surface area contributed by atoms with Crippen molar-refractivity contribution in [3.05, 3.63) is 63.6 Å². The summed E-state index contributed by atoms with van der Waals surface area (Å²) >= 11 is 3.20. The predicted octanol–water partition coefficient (Wildman–Crippen LogP) is 4.83. The van der Waals surface area contributed by atoms with Crippen molar-refractivity contribution in [2.24, 2.45) is 0 Å². The lowest BCUT2D eigenvalue weighted by molar-refractivity contribution is 0.607. The number of benzene rings is 2. The molecule has 1 unspecified atom stereocenters. The van der Waals surface area contributed by atoms with Gasteiger partial charge in [0.1, 0.15) is 11.6 Å². The maximum Gasteiger partial charge on any atom is 0.137 e. The van der Waals surface area contributed by atoms with Crippen molar-refractivity contribution in [2.45, 2.75) is 18.9 Å². The maximum atomic E-state index is 13.5. The zero-order valence-electron chi connectivity index (χ0n) is 10.1. The van der Waals surface area contributed by atoms with E-state index in [1.807, 2.05) is 0 Å². The van der Waals surface area contributed by atoms with Gasteiger partial charge in [0.2, 0.25) is 0 Å². The van der Waals surface area contributed by atoms with Crippen LogP contribution in [0.4, 0.5) is 14.5 Å². The molecule has 2 aromatic rings. The molecule has 0 aromatic heterocycles. The van der Waals surface area contributed by atoms with Gasteiger partial charge in [-0.15, -0.1) is 0 Å². The van der Waals surface area contributed by atoms with Crippen LogP contribution >= 0.6 is 15.9 Å². The van der Waals surface area contributed by atoms with Crippen LogP contribution in [-0.2, 0) is 6.42 Å². The van der Waals surface area contributed by atoms with Gasteiger partial charge in [0, 0.05) is 5.69 Å². The second-order valence-electron chi connectivity index (χ2n) is 4.71. The Morgan fingerprint density at radius 2 is 1.84 bits per heavy atom.